The van der Waals surface area contributed by atoms with Gasteiger partial charge in [0.05, 0.1) is 5.57 Å². The summed E-state index contributed by atoms with van der Waals surface area (Å²) in [7, 11) is 0. The Morgan fingerprint density at radius 3 is 2.05 bits per heavy atom. The van der Waals surface area contributed by atoms with Crippen molar-refractivity contribution in [2.45, 2.75) is 65.2 Å². The zero-order chi connectivity index (χ0) is 16.5. The van der Waals surface area contributed by atoms with Crippen LogP contribution in [0.3, 0.4) is 0 Å². The van der Waals surface area contributed by atoms with Crippen molar-refractivity contribution < 1.29 is 19.2 Å². The van der Waals surface area contributed by atoms with Crippen LogP contribution in [0.1, 0.15) is 65.2 Å². The van der Waals surface area contributed by atoms with Gasteiger partial charge in [0.15, 0.2) is 23.1 Å². The highest BCUT2D eigenvalue weighted by atomic mass is 16.2. The molecule has 0 saturated carbocycles. The van der Waals surface area contributed by atoms with Crippen molar-refractivity contribution in [3.05, 3.63) is 23.3 Å². The summed E-state index contributed by atoms with van der Waals surface area (Å²) < 4.78 is 0. The average Bonchev–Trinajstić information content (AvgIpc) is 3.09. The third-order valence-electron chi connectivity index (χ3n) is 3.61. The molecule has 0 atom stereocenters. The molecule has 0 amide bonds. The van der Waals surface area contributed by atoms with Crippen LogP contribution in [0.2, 0.25) is 0 Å². The van der Waals surface area contributed by atoms with Gasteiger partial charge in [0, 0.05) is 31.3 Å². The maximum atomic E-state index is 11.7. The largest absolute Gasteiger partial charge is 0.295 e. The van der Waals surface area contributed by atoms with E-state index in [4.69, 9.17) is 0 Å². The van der Waals surface area contributed by atoms with Crippen molar-refractivity contribution in [3.8, 4) is 0 Å². The van der Waals surface area contributed by atoms with Crippen molar-refractivity contribution in [3.63, 3.8) is 0 Å². The quantitative estimate of drug-likeness (QED) is 0.706. The molecule has 120 valence electrons. The molecule has 22 heavy (non-hydrogen) atoms. The van der Waals surface area contributed by atoms with Gasteiger partial charge in [-0.3, -0.25) is 19.2 Å². The highest BCUT2D eigenvalue weighted by molar-refractivity contribution is 6.26. The summed E-state index contributed by atoms with van der Waals surface area (Å²) >= 11 is 0. The standard InChI is InChI=1S/C13H18O3.C5H6O/c1-3-5-10(14)9-7-8-12(16)13(9)11(15)6-4-2;6-5-3-1-2-4-5/h3-8H2,1-2H3;1,3H,2,4H2. The van der Waals surface area contributed by atoms with Crippen molar-refractivity contribution in [2.75, 3.05) is 0 Å². The fraction of sp³-hybridized carbons (Fsp3) is 0.556. The lowest BCUT2D eigenvalue weighted by atomic mass is 9.98. The molecular weight excluding hydrogens is 280 g/mol. The van der Waals surface area contributed by atoms with E-state index in [-0.39, 0.29) is 28.7 Å². The zero-order valence-electron chi connectivity index (χ0n) is 13.4. The van der Waals surface area contributed by atoms with Crippen molar-refractivity contribution in [1.82, 2.24) is 0 Å². The summed E-state index contributed by atoms with van der Waals surface area (Å²) in [6.07, 6.45) is 8.30. The molecule has 4 heteroatoms. The third kappa shape index (κ3) is 5.17. The number of carbonyl (C=O) groups excluding carboxylic acids is 4. The summed E-state index contributed by atoms with van der Waals surface area (Å²) in [6.45, 7) is 3.81. The Hall–Kier alpha value is -1.84. The van der Waals surface area contributed by atoms with E-state index >= 15 is 0 Å². The molecule has 4 nitrogen and oxygen atoms in total. The highest BCUT2D eigenvalue weighted by Crippen LogP contribution is 2.26. The molecule has 0 N–H and O–H groups in total. The number of carbonyl (C=O) groups is 4. The predicted octanol–water partition coefficient (Wildman–Crippen LogP) is 3.29. The molecule has 0 saturated heterocycles. The fourth-order valence-corrected chi connectivity index (χ4v) is 2.51. The normalized spacial score (nSPS) is 16.8. The molecule has 0 heterocycles. The van der Waals surface area contributed by atoms with Crippen LogP contribution in [0.5, 0.6) is 0 Å². The Balaban J connectivity index is 0.000000335. The van der Waals surface area contributed by atoms with Crippen LogP contribution in [0.25, 0.3) is 0 Å². The molecule has 0 spiro atoms. The van der Waals surface area contributed by atoms with E-state index in [2.05, 4.69) is 0 Å². The average molecular weight is 304 g/mol. The minimum absolute atomic E-state index is 0.0206. The van der Waals surface area contributed by atoms with Crippen molar-refractivity contribution in [2.24, 2.45) is 0 Å². The summed E-state index contributed by atoms with van der Waals surface area (Å²) in [5.74, 6) is -0.0369. The van der Waals surface area contributed by atoms with Gasteiger partial charge in [0.25, 0.3) is 0 Å². The van der Waals surface area contributed by atoms with Crippen molar-refractivity contribution >= 4 is 23.1 Å². The van der Waals surface area contributed by atoms with Crippen LogP contribution in [-0.2, 0) is 19.2 Å². The van der Waals surface area contributed by atoms with Crippen LogP contribution in [0.15, 0.2) is 23.3 Å². The smallest absolute Gasteiger partial charge is 0.167 e. The Labute approximate surface area is 131 Å². The van der Waals surface area contributed by atoms with Crippen LogP contribution >= 0.6 is 0 Å². The maximum absolute atomic E-state index is 11.7. The highest BCUT2D eigenvalue weighted by Gasteiger charge is 2.30. The molecule has 2 aliphatic carbocycles. The van der Waals surface area contributed by atoms with Crippen LogP contribution < -0.4 is 0 Å². The first-order valence-corrected chi connectivity index (χ1v) is 8.03. The van der Waals surface area contributed by atoms with E-state index in [1.54, 1.807) is 6.08 Å². The van der Waals surface area contributed by atoms with Gasteiger partial charge in [-0.2, -0.15) is 0 Å². The fourth-order valence-electron chi connectivity index (χ4n) is 2.51. The lowest BCUT2D eigenvalue weighted by Gasteiger charge is -2.03. The number of Topliss-reactive ketones (excluding diaryl/α,β-unsaturated/α-hetero) is 3. The zero-order valence-corrected chi connectivity index (χ0v) is 13.4. The number of allylic oxidation sites excluding steroid dienone is 4. The Morgan fingerprint density at radius 1 is 0.955 bits per heavy atom. The van der Waals surface area contributed by atoms with Gasteiger partial charge in [0.2, 0.25) is 0 Å². The molecule has 0 unspecified atom stereocenters. The first-order chi connectivity index (χ1) is 10.5. The number of ketones is 4. The molecular formula is C18H24O4. The van der Waals surface area contributed by atoms with E-state index < -0.39 is 0 Å². The van der Waals surface area contributed by atoms with Gasteiger partial charge in [-0.1, -0.05) is 19.9 Å². The molecule has 0 fully saturated rings. The number of rotatable bonds is 6. The van der Waals surface area contributed by atoms with Gasteiger partial charge >= 0.3 is 0 Å². The monoisotopic (exact) mass is 304 g/mol. The first kappa shape index (κ1) is 18.2. The number of hydrogen-bond acceptors (Lipinski definition) is 4. The molecule has 0 aliphatic heterocycles. The van der Waals surface area contributed by atoms with Gasteiger partial charge in [-0.05, 0) is 31.8 Å². The van der Waals surface area contributed by atoms with Crippen LogP contribution in [0.4, 0.5) is 0 Å². The van der Waals surface area contributed by atoms with Gasteiger partial charge in [0.1, 0.15) is 0 Å². The van der Waals surface area contributed by atoms with Crippen molar-refractivity contribution in [1.29, 1.82) is 0 Å². The second kappa shape index (κ2) is 9.23. The summed E-state index contributed by atoms with van der Waals surface area (Å²) in [5.41, 5.74) is 0.700. The molecule has 2 rings (SSSR count). The van der Waals surface area contributed by atoms with E-state index in [1.165, 1.54) is 0 Å². The lowest BCUT2D eigenvalue weighted by molar-refractivity contribution is -0.122. The number of hydrogen-bond donors (Lipinski definition) is 0. The molecule has 0 aromatic rings. The van der Waals surface area contributed by atoms with Crippen LogP contribution in [-0.4, -0.2) is 23.1 Å². The maximum Gasteiger partial charge on any atom is 0.167 e. The molecule has 2 aliphatic rings. The summed E-state index contributed by atoms with van der Waals surface area (Å²) in [5, 5.41) is 0. The van der Waals surface area contributed by atoms with Gasteiger partial charge in [-0.15, -0.1) is 0 Å². The second-order valence-corrected chi connectivity index (χ2v) is 5.53. The second-order valence-electron chi connectivity index (χ2n) is 5.53. The molecule has 0 bridgehead atoms. The molecule has 0 aromatic heterocycles. The summed E-state index contributed by atoms with van der Waals surface area (Å²) in [6, 6.07) is 0. The topological polar surface area (TPSA) is 68.3 Å². The molecule has 0 aromatic carbocycles. The molecule has 0 radical (unpaired) electrons. The summed E-state index contributed by atoms with van der Waals surface area (Å²) in [4.78, 5) is 45.2. The SMILES string of the molecule is CCCC(=O)C1=C(C(=O)CCC)C(=O)CC1.O=C1C=CCC1. The minimum Gasteiger partial charge on any atom is -0.295 e. The predicted molar refractivity (Wildman–Crippen MR) is 84.5 cm³/mol. The Kier molecular flexibility index (Phi) is 7.64. The minimum atomic E-state index is -0.149. The third-order valence-corrected chi connectivity index (χ3v) is 3.61. The Morgan fingerprint density at radius 2 is 1.59 bits per heavy atom. The van der Waals surface area contributed by atoms with E-state index in [0.29, 0.717) is 37.7 Å². The van der Waals surface area contributed by atoms with E-state index in [1.807, 2.05) is 19.9 Å². The van der Waals surface area contributed by atoms with Crippen LogP contribution in [0, 0.1) is 0 Å². The van der Waals surface area contributed by atoms with Gasteiger partial charge in [-0.25, -0.2) is 0 Å². The first-order valence-electron chi connectivity index (χ1n) is 8.03. The lowest BCUT2D eigenvalue weighted by Crippen LogP contribution is -2.12. The Bertz CT molecular complexity index is 523. The van der Waals surface area contributed by atoms with E-state index in [9.17, 15) is 19.2 Å². The van der Waals surface area contributed by atoms with Gasteiger partial charge < -0.3 is 0 Å². The van der Waals surface area contributed by atoms with E-state index in [0.717, 1.165) is 19.3 Å².